The molecule has 1 amide bonds. The van der Waals surface area contributed by atoms with Crippen LogP contribution >= 0.6 is 23.7 Å². The van der Waals surface area contributed by atoms with E-state index in [4.69, 9.17) is 5.73 Å². The molecular weight excluding hydrogens is 304 g/mol. The Morgan fingerprint density at radius 1 is 1.14 bits per heavy atom. The van der Waals surface area contributed by atoms with Gasteiger partial charge in [-0.1, -0.05) is 30.3 Å². The van der Waals surface area contributed by atoms with Gasteiger partial charge in [0.05, 0.1) is 4.88 Å². The monoisotopic (exact) mass is 322 g/mol. The number of hydrogen-bond acceptors (Lipinski definition) is 3. The number of hydrogen-bond donors (Lipinski definition) is 1. The van der Waals surface area contributed by atoms with Gasteiger partial charge in [0.2, 0.25) is 0 Å². The SMILES string of the molecule is Cl.NC1CCN(C(=O)c2sccc2-c2ccccc2)CC1. The summed E-state index contributed by atoms with van der Waals surface area (Å²) < 4.78 is 0. The minimum Gasteiger partial charge on any atom is -0.338 e. The van der Waals surface area contributed by atoms with Crippen LogP contribution in [0.25, 0.3) is 11.1 Å². The zero-order valence-corrected chi connectivity index (χ0v) is 13.3. The van der Waals surface area contributed by atoms with Crippen molar-refractivity contribution in [2.45, 2.75) is 18.9 Å². The molecule has 0 radical (unpaired) electrons. The topological polar surface area (TPSA) is 46.3 Å². The van der Waals surface area contributed by atoms with Crippen molar-refractivity contribution in [2.75, 3.05) is 13.1 Å². The predicted octanol–water partition coefficient (Wildman–Crippen LogP) is 3.40. The third-order valence-corrected chi connectivity index (χ3v) is 4.67. The lowest BCUT2D eigenvalue weighted by Crippen LogP contribution is -2.42. The molecule has 0 saturated carbocycles. The van der Waals surface area contributed by atoms with Crippen LogP contribution in [0.5, 0.6) is 0 Å². The minimum absolute atomic E-state index is 0. The molecular formula is C16H19ClN2OS. The first-order chi connectivity index (χ1) is 9.75. The Labute approximate surface area is 135 Å². The van der Waals surface area contributed by atoms with Crippen LogP contribution in [0.2, 0.25) is 0 Å². The van der Waals surface area contributed by atoms with E-state index in [-0.39, 0.29) is 24.4 Å². The number of piperidine rings is 1. The maximum absolute atomic E-state index is 12.7. The number of carbonyl (C=O) groups is 1. The van der Waals surface area contributed by atoms with Crippen LogP contribution in [0, 0.1) is 0 Å². The second-order valence-corrected chi connectivity index (χ2v) is 6.08. The third kappa shape index (κ3) is 3.46. The number of rotatable bonds is 2. The van der Waals surface area contributed by atoms with Gasteiger partial charge in [-0.15, -0.1) is 23.7 Å². The van der Waals surface area contributed by atoms with Gasteiger partial charge in [-0.25, -0.2) is 0 Å². The van der Waals surface area contributed by atoms with Gasteiger partial charge in [-0.05, 0) is 29.9 Å². The highest BCUT2D eigenvalue weighted by Gasteiger charge is 2.24. The van der Waals surface area contributed by atoms with Crippen LogP contribution < -0.4 is 5.73 Å². The molecule has 5 heteroatoms. The number of likely N-dealkylation sites (tertiary alicyclic amines) is 1. The molecule has 1 fully saturated rings. The maximum atomic E-state index is 12.7. The fraction of sp³-hybridized carbons (Fsp3) is 0.312. The molecule has 1 aromatic carbocycles. The van der Waals surface area contributed by atoms with Gasteiger partial charge >= 0.3 is 0 Å². The van der Waals surface area contributed by atoms with Crippen LogP contribution in [0.4, 0.5) is 0 Å². The van der Waals surface area contributed by atoms with E-state index in [0.717, 1.165) is 41.9 Å². The van der Waals surface area contributed by atoms with Crippen molar-refractivity contribution < 1.29 is 4.79 Å². The molecule has 2 N–H and O–H groups in total. The van der Waals surface area contributed by atoms with Gasteiger partial charge in [0.25, 0.3) is 5.91 Å². The van der Waals surface area contributed by atoms with Gasteiger partial charge in [0, 0.05) is 24.7 Å². The summed E-state index contributed by atoms with van der Waals surface area (Å²) in [5.41, 5.74) is 8.04. The Hall–Kier alpha value is -1.36. The highest BCUT2D eigenvalue weighted by Crippen LogP contribution is 2.29. The highest BCUT2D eigenvalue weighted by molar-refractivity contribution is 7.12. The summed E-state index contributed by atoms with van der Waals surface area (Å²) in [6.07, 6.45) is 1.80. The van der Waals surface area contributed by atoms with Crippen molar-refractivity contribution in [3.63, 3.8) is 0 Å². The van der Waals surface area contributed by atoms with E-state index >= 15 is 0 Å². The normalized spacial score (nSPS) is 15.6. The number of amides is 1. The molecule has 0 spiro atoms. The van der Waals surface area contributed by atoms with E-state index in [1.807, 2.05) is 46.7 Å². The fourth-order valence-corrected chi connectivity index (χ4v) is 3.45. The molecule has 3 nitrogen and oxygen atoms in total. The Morgan fingerprint density at radius 2 is 1.81 bits per heavy atom. The second-order valence-electron chi connectivity index (χ2n) is 5.16. The van der Waals surface area contributed by atoms with E-state index < -0.39 is 0 Å². The third-order valence-electron chi connectivity index (χ3n) is 3.77. The average molecular weight is 323 g/mol. The largest absolute Gasteiger partial charge is 0.338 e. The van der Waals surface area contributed by atoms with Crippen molar-refractivity contribution in [1.82, 2.24) is 4.90 Å². The summed E-state index contributed by atoms with van der Waals surface area (Å²) in [6.45, 7) is 1.54. The van der Waals surface area contributed by atoms with Gasteiger partial charge in [-0.2, -0.15) is 0 Å². The molecule has 0 unspecified atom stereocenters. The fourth-order valence-electron chi connectivity index (χ4n) is 2.57. The molecule has 2 heterocycles. The summed E-state index contributed by atoms with van der Waals surface area (Å²) in [4.78, 5) is 15.4. The van der Waals surface area contributed by atoms with Crippen molar-refractivity contribution in [1.29, 1.82) is 0 Å². The summed E-state index contributed by atoms with van der Waals surface area (Å²) in [6, 6.07) is 12.4. The first-order valence-electron chi connectivity index (χ1n) is 6.93. The lowest BCUT2D eigenvalue weighted by atomic mass is 10.0. The zero-order valence-electron chi connectivity index (χ0n) is 11.7. The predicted molar refractivity (Wildman–Crippen MR) is 90.1 cm³/mol. The first-order valence-corrected chi connectivity index (χ1v) is 7.81. The molecule has 1 aliphatic heterocycles. The second kappa shape index (κ2) is 7.07. The molecule has 21 heavy (non-hydrogen) atoms. The summed E-state index contributed by atoms with van der Waals surface area (Å²) in [5, 5.41) is 1.99. The Balaban J connectivity index is 0.00000161. The molecule has 1 aliphatic rings. The minimum atomic E-state index is 0. The lowest BCUT2D eigenvalue weighted by Gasteiger charge is -2.30. The van der Waals surface area contributed by atoms with Gasteiger partial charge < -0.3 is 10.6 Å². The van der Waals surface area contributed by atoms with E-state index in [2.05, 4.69) is 0 Å². The average Bonchev–Trinajstić information content (AvgIpc) is 2.97. The number of benzene rings is 1. The molecule has 0 atom stereocenters. The molecule has 1 saturated heterocycles. The Bertz CT molecular complexity index is 591. The quantitative estimate of drug-likeness (QED) is 0.921. The van der Waals surface area contributed by atoms with Crippen molar-refractivity contribution in [3.8, 4) is 11.1 Å². The summed E-state index contributed by atoms with van der Waals surface area (Å²) in [7, 11) is 0. The Morgan fingerprint density at radius 3 is 2.48 bits per heavy atom. The Kier molecular flexibility index (Phi) is 5.39. The van der Waals surface area contributed by atoms with Crippen LogP contribution in [-0.4, -0.2) is 29.9 Å². The molecule has 2 aromatic rings. The summed E-state index contributed by atoms with van der Waals surface area (Å²) in [5.74, 6) is 0.144. The van der Waals surface area contributed by atoms with E-state index in [1.54, 1.807) is 0 Å². The zero-order chi connectivity index (χ0) is 13.9. The number of thiophene rings is 1. The molecule has 3 rings (SSSR count). The maximum Gasteiger partial charge on any atom is 0.264 e. The van der Waals surface area contributed by atoms with E-state index in [1.165, 1.54) is 11.3 Å². The lowest BCUT2D eigenvalue weighted by molar-refractivity contribution is 0.0720. The van der Waals surface area contributed by atoms with Gasteiger partial charge in [0.1, 0.15) is 0 Å². The van der Waals surface area contributed by atoms with Crippen molar-refractivity contribution in [3.05, 3.63) is 46.7 Å². The van der Waals surface area contributed by atoms with Gasteiger partial charge in [0.15, 0.2) is 0 Å². The number of nitrogens with two attached hydrogens (primary N) is 1. The van der Waals surface area contributed by atoms with Crippen molar-refractivity contribution >= 4 is 29.7 Å². The number of halogens is 1. The molecule has 1 aromatic heterocycles. The smallest absolute Gasteiger partial charge is 0.264 e. The van der Waals surface area contributed by atoms with Crippen molar-refractivity contribution in [2.24, 2.45) is 5.73 Å². The molecule has 0 bridgehead atoms. The van der Waals surface area contributed by atoms with Crippen LogP contribution in [-0.2, 0) is 0 Å². The van der Waals surface area contributed by atoms with Crippen LogP contribution in [0.15, 0.2) is 41.8 Å². The number of carbonyl (C=O) groups excluding carboxylic acids is 1. The highest BCUT2D eigenvalue weighted by atomic mass is 35.5. The van der Waals surface area contributed by atoms with Crippen LogP contribution in [0.1, 0.15) is 22.5 Å². The summed E-state index contributed by atoms with van der Waals surface area (Å²) >= 11 is 1.52. The van der Waals surface area contributed by atoms with E-state index in [0.29, 0.717) is 0 Å². The first kappa shape index (κ1) is 16.0. The van der Waals surface area contributed by atoms with E-state index in [9.17, 15) is 4.79 Å². The number of nitrogens with zero attached hydrogens (tertiary/aromatic N) is 1. The van der Waals surface area contributed by atoms with Gasteiger partial charge in [-0.3, -0.25) is 4.79 Å². The standard InChI is InChI=1S/C16H18N2OS.ClH/c17-13-6-9-18(10-7-13)16(19)15-14(8-11-20-15)12-4-2-1-3-5-12;/h1-5,8,11,13H,6-7,9-10,17H2;1H. The van der Waals surface area contributed by atoms with Crippen LogP contribution in [0.3, 0.4) is 0 Å². The molecule has 112 valence electrons. The molecule has 0 aliphatic carbocycles.